The molecule has 0 radical (unpaired) electrons. The molecular formula is C12H15N3O5S. The van der Waals surface area contributed by atoms with Gasteiger partial charge in [-0.2, -0.15) is 4.98 Å². The third kappa shape index (κ3) is 3.57. The second kappa shape index (κ2) is 6.20. The molecule has 0 fully saturated rings. The van der Waals surface area contributed by atoms with Gasteiger partial charge < -0.3 is 14.4 Å². The molecule has 2 rings (SSSR count). The first kappa shape index (κ1) is 15.4. The molecule has 0 bridgehead atoms. The van der Waals surface area contributed by atoms with Crippen LogP contribution in [0.4, 0.5) is 0 Å². The van der Waals surface area contributed by atoms with Crippen LogP contribution in [0.2, 0.25) is 0 Å². The fourth-order valence-electron chi connectivity index (χ4n) is 1.68. The summed E-state index contributed by atoms with van der Waals surface area (Å²) in [5.74, 6) is 0.765. The average molecular weight is 313 g/mol. The van der Waals surface area contributed by atoms with Crippen LogP contribution in [0.1, 0.15) is 17.3 Å². The van der Waals surface area contributed by atoms with Crippen molar-refractivity contribution in [3.63, 3.8) is 0 Å². The highest BCUT2D eigenvalue weighted by Gasteiger charge is 2.20. The number of nitrogens with zero attached hydrogens (tertiary/aromatic N) is 2. The lowest BCUT2D eigenvalue weighted by molar-refractivity contribution is 0.281. The third-order valence-electron chi connectivity index (χ3n) is 2.69. The molecule has 0 saturated heterocycles. The van der Waals surface area contributed by atoms with Gasteiger partial charge >= 0.3 is 0 Å². The van der Waals surface area contributed by atoms with Crippen LogP contribution in [0.15, 0.2) is 27.6 Å². The van der Waals surface area contributed by atoms with Crippen molar-refractivity contribution in [1.29, 1.82) is 0 Å². The lowest BCUT2D eigenvalue weighted by atomic mass is 10.2. The Balaban J connectivity index is 2.26. The second-order valence-electron chi connectivity index (χ2n) is 4.20. The molecule has 2 N–H and O–H groups in total. The van der Waals surface area contributed by atoms with E-state index in [-0.39, 0.29) is 29.6 Å². The van der Waals surface area contributed by atoms with Gasteiger partial charge in [-0.3, -0.25) is 0 Å². The lowest BCUT2D eigenvalue weighted by Crippen LogP contribution is -2.24. The minimum absolute atomic E-state index is 0.0585. The molecule has 0 atom stereocenters. The van der Waals surface area contributed by atoms with E-state index in [9.17, 15) is 8.42 Å². The average Bonchev–Trinajstić information content (AvgIpc) is 2.90. The molecule has 8 nitrogen and oxygen atoms in total. The molecule has 0 aliphatic carbocycles. The third-order valence-corrected chi connectivity index (χ3v) is 4.11. The second-order valence-corrected chi connectivity index (χ2v) is 5.93. The van der Waals surface area contributed by atoms with Crippen molar-refractivity contribution in [3.05, 3.63) is 35.5 Å². The molecule has 0 aliphatic rings. The van der Waals surface area contributed by atoms with Crippen LogP contribution < -0.4 is 9.46 Å². The van der Waals surface area contributed by atoms with Crippen molar-refractivity contribution < 1.29 is 22.8 Å². The van der Waals surface area contributed by atoms with Crippen LogP contribution in [0.3, 0.4) is 0 Å². The van der Waals surface area contributed by atoms with Crippen molar-refractivity contribution >= 4 is 10.0 Å². The number of aromatic nitrogens is 2. The van der Waals surface area contributed by atoms with E-state index in [0.29, 0.717) is 11.5 Å². The fraction of sp³-hybridized carbons (Fsp3) is 0.333. The number of ether oxygens (including phenoxy) is 1. The molecule has 0 spiro atoms. The maximum Gasteiger partial charge on any atom is 0.244 e. The lowest BCUT2D eigenvalue weighted by Gasteiger charge is -2.11. The molecule has 0 unspecified atom stereocenters. The fourth-order valence-corrected chi connectivity index (χ4v) is 2.88. The van der Waals surface area contributed by atoms with Gasteiger partial charge in [0, 0.05) is 6.92 Å². The first-order valence-electron chi connectivity index (χ1n) is 6.03. The van der Waals surface area contributed by atoms with E-state index >= 15 is 0 Å². The molecule has 1 aromatic heterocycles. The van der Waals surface area contributed by atoms with Crippen molar-refractivity contribution in [3.8, 4) is 5.75 Å². The first-order valence-corrected chi connectivity index (χ1v) is 7.51. The predicted molar refractivity (Wildman–Crippen MR) is 72.0 cm³/mol. The largest absolute Gasteiger partial charge is 0.495 e. The number of benzene rings is 1. The van der Waals surface area contributed by atoms with Crippen LogP contribution in [0.5, 0.6) is 5.75 Å². The van der Waals surface area contributed by atoms with Crippen LogP contribution >= 0.6 is 0 Å². The Morgan fingerprint density at radius 1 is 1.43 bits per heavy atom. The zero-order valence-electron chi connectivity index (χ0n) is 11.5. The Kier molecular flexibility index (Phi) is 4.56. The van der Waals surface area contributed by atoms with Crippen LogP contribution in [0.25, 0.3) is 0 Å². The molecule has 0 amide bonds. The van der Waals surface area contributed by atoms with E-state index in [1.54, 1.807) is 13.0 Å². The summed E-state index contributed by atoms with van der Waals surface area (Å²) in [7, 11) is -2.46. The summed E-state index contributed by atoms with van der Waals surface area (Å²) >= 11 is 0. The molecular weight excluding hydrogens is 298 g/mol. The van der Waals surface area contributed by atoms with Crippen molar-refractivity contribution in [2.75, 3.05) is 7.11 Å². The summed E-state index contributed by atoms with van der Waals surface area (Å²) in [6, 6.07) is 4.42. The number of aryl methyl sites for hydroxylation is 1. The topological polar surface area (TPSA) is 115 Å². The number of methoxy groups -OCH3 is 1. The summed E-state index contributed by atoms with van der Waals surface area (Å²) < 4.78 is 36.8. The van der Waals surface area contributed by atoms with Gasteiger partial charge in [-0.1, -0.05) is 11.2 Å². The Labute approximate surface area is 121 Å². The molecule has 1 heterocycles. The summed E-state index contributed by atoms with van der Waals surface area (Å²) in [5, 5.41) is 12.7. The highest BCUT2D eigenvalue weighted by molar-refractivity contribution is 7.89. The monoisotopic (exact) mass is 313 g/mol. The van der Waals surface area contributed by atoms with E-state index in [1.165, 1.54) is 19.2 Å². The Hall–Kier alpha value is -1.97. The number of nitrogens with one attached hydrogen (secondary N) is 1. The van der Waals surface area contributed by atoms with E-state index < -0.39 is 10.0 Å². The number of hydrogen-bond donors (Lipinski definition) is 2. The molecule has 2 aromatic rings. The SMILES string of the molecule is COc1ccc(CO)cc1S(=O)(=O)NCc1noc(C)n1. The van der Waals surface area contributed by atoms with Crippen LogP contribution in [0, 0.1) is 6.92 Å². The zero-order chi connectivity index (χ0) is 15.5. The number of rotatable bonds is 6. The summed E-state index contributed by atoms with van der Waals surface area (Å²) in [5.41, 5.74) is 0.464. The molecule has 1 aromatic carbocycles. The quantitative estimate of drug-likeness (QED) is 0.791. The Bertz CT molecular complexity index is 726. The first-order chi connectivity index (χ1) is 9.96. The van der Waals surface area contributed by atoms with Gasteiger partial charge in [0.1, 0.15) is 10.6 Å². The van der Waals surface area contributed by atoms with Gasteiger partial charge in [-0.25, -0.2) is 13.1 Å². The number of aliphatic hydroxyl groups excluding tert-OH is 1. The number of aliphatic hydroxyl groups is 1. The highest BCUT2D eigenvalue weighted by Crippen LogP contribution is 2.24. The van der Waals surface area contributed by atoms with Gasteiger partial charge in [-0.05, 0) is 17.7 Å². The van der Waals surface area contributed by atoms with Crippen LogP contribution in [-0.4, -0.2) is 30.8 Å². The van der Waals surface area contributed by atoms with E-state index in [2.05, 4.69) is 14.9 Å². The van der Waals surface area contributed by atoms with Gasteiger partial charge in [0.2, 0.25) is 15.9 Å². The minimum Gasteiger partial charge on any atom is -0.495 e. The van der Waals surface area contributed by atoms with Gasteiger partial charge in [0.05, 0.1) is 20.3 Å². The maximum absolute atomic E-state index is 12.3. The van der Waals surface area contributed by atoms with Crippen molar-refractivity contribution in [1.82, 2.24) is 14.9 Å². The van der Waals surface area contributed by atoms with Gasteiger partial charge in [0.25, 0.3) is 0 Å². The Morgan fingerprint density at radius 2 is 2.19 bits per heavy atom. The molecule has 0 aliphatic heterocycles. The summed E-state index contributed by atoms with van der Waals surface area (Å²) in [6.45, 7) is 1.24. The number of hydrogen-bond acceptors (Lipinski definition) is 7. The minimum atomic E-state index is -3.83. The van der Waals surface area contributed by atoms with E-state index in [1.807, 2.05) is 0 Å². The Morgan fingerprint density at radius 3 is 2.76 bits per heavy atom. The van der Waals surface area contributed by atoms with Gasteiger partial charge in [-0.15, -0.1) is 0 Å². The van der Waals surface area contributed by atoms with Crippen LogP contribution in [-0.2, 0) is 23.2 Å². The van der Waals surface area contributed by atoms with Crippen molar-refractivity contribution in [2.45, 2.75) is 25.0 Å². The molecule has 21 heavy (non-hydrogen) atoms. The molecule has 9 heteroatoms. The van der Waals surface area contributed by atoms with E-state index in [0.717, 1.165) is 0 Å². The standard InChI is InChI=1S/C12H15N3O5S/c1-8-14-12(15-20-8)6-13-21(17,18)11-5-9(7-16)3-4-10(11)19-2/h3-5,13,16H,6-7H2,1-2H3. The van der Waals surface area contributed by atoms with Gasteiger partial charge in [0.15, 0.2) is 5.82 Å². The number of sulfonamides is 1. The maximum atomic E-state index is 12.3. The normalized spacial score (nSPS) is 11.6. The molecule has 114 valence electrons. The van der Waals surface area contributed by atoms with Crippen molar-refractivity contribution in [2.24, 2.45) is 0 Å². The summed E-state index contributed by atoms with van der Waals surface area (Å²) in [6.07, 6.45) is 0. The zero-order valence-corrected chi connectivity index (χ0v) is 12.3. The molecule has 0 saturated carbocycles. The summed E-state index contributed by atoms with van der Waals surface area (Å²) in [4.78, 5) is 3.85. The highest BCUT2D eigenvalue weighted by atomic mass is 32.2. The predicted octanol–water partition coefficient (Wildman–Crippen LogP) is 0.357. The smallest absolute Gasteiger partial charge is 0.244 e. The van der Waals surface area contributed by atoms with E-state index in [4.69, 9.17) is 14.4 Å².